The summed E-state index contributed by atoms with van der Waals surface area (Å²) >= 11 is 15.6. The van der Waals surface area contributed by atoms with Crippen LogP contribution in [0, 0.1) is 13.8 Å². The number of aryl methyl sites for hydroxylation is 2. The number of nitrogens with zero attached hydrogens (tertiary/aromatic N) is 2. The number of benzene rings is 4. The van der Waals surface area contributed by atoms with Crippen LogP contribution in [0.4, 0.5) is 5.69 Å². The average Bonchev–Trinajstić information content (AvgIpc) is 2.98. The van der Waals surface area contributed by atoms with Crippen LogP contribution in [0.5, 0.6) is 11.5 Å². The van der Waals surface area contributed by atoms with Gasteiger partial charge in [-0.05, 0) is 94.5 Å². The van der Waals surface area contributed by atoms with Crippen LogP contribution in [-0.2, 0) is 21.4 Å². The number of rotatable bonds is 11. The highest BCUT2D eigenvalue weighted by Crippen LogP contribution is 2.37. The summed E-state index contributed by atoms with van der Waals surface area (Å²) < 4.78 is 40.4. The Kier molecular flexibility index (Phi) is 10.7. The van der Waals surface area contributed by atoms with E-state index in [1.165, 1.54) is 25.5 Å². The van der Waals surface area contributed by atoms with Gasteiger partial charge in [-0.3, -0.25) is 9.10 Å². The lowest BCUT2D eigenvalue weighted by Gasteiger charge is -2.25. The first-order valence-electron chi connectivity index (χ1n) is 12.9. The fourth-order valence-corrected chi connectivity index (χ4v) is 6.48. The van der Waals surface area contributed by atoms with E-state index in [2.05, 4.69) is 26.5 Å². The maximum Gasteiger partial charge on any atom is 0.264 e. The molecule has 4 aromatic carbocycles. The van der Waals surface area contributed by atoms with Gasteiger partial charge < -0.3 is 9.47 Å². The first-order chi connectivity index (χ1) is 20.5. The van der Waals surface area contributed by atoms with Crippen molar-refractivity contribution < 1.29 is 22.7 Å². The van der Waals surface area contributed by atoms with E-state index in [0.29, 0.717) is 42.8 Å². The van der Waals surface area contributed by atoms with Crippen molar-refractivity contribution in [3.63, 3.8) is 0 Å². The number of ether oxygens (including phenoxy) is 2. The quantitative estimate of drug-likeness (QED) is 0.131. The first-order valence-corrected chi connectivity index (χ1v) is 15.9. The van der Waals surface area contributed by atoms with E-state index in [0.717, 1.165) is 15.4 Å². The summed E-state index contributed by atoms with van der Waals surface area (Å²) in [6.45, 7) is 3.39. The van der Waals surface area contributed by atoms with Crippen LogP contribution >= 0.6 is 39.1 Å². The second-order valence-corrected chi connectivity index (χ2v) is 13.0. The molecule has 0 aliphatic rings. The van der Waals surface area contributed by atoms with Crippen LogP contribution in [0.15, 0.2) is 93.3 Å². The van der Waals surface area contributed by atoms with E-state index in [4.69, 9.17) is 32.7 Å². The van der Waals surface area contributed by atoms with E-state index < -0.39 is 22.5 Å². The number of carbonyl (C=O) groups is 1. The molecular formula is C31H28BrCl2N3O5S. The second-order valence-electron chi connectivity index (χ2n) is 9.48. The Labute approximate surface area is 269 Å². The van der Waals surface area contributed by atoms with Crippen molar-refractivity contribution in [2.75, 3.05) is 18.0 Å². The second kappa shape index (κ2) is 14.3. The normalized spacial score (nSPS) is 11.4. The van der Waals surface area contributed by atoms with Crippen molar-refractivity contribution in [1.82, 2.24) is 5.43 Å². The molecule has 1 N–H and O–H groups in total. The lowest BCUT2D eigenvalue weighted by Crippen LogP contribution is -2.40. The molecule has 0 radical (unpaired) electrons. The molecule has 8 nitrogen and oxygen atoms in total. The number of sulfonamides is 1. The highest BCUT2D eigenvalue weighted by molar-refractivity contribution is 9.10. The first kappa shape index (κ1) is 32.3. The number of anilines is 1. The van der Waals surface area contributed by atoms with Crippen LogP contribution in [-0.4, -0.2) is 34.2 Å². The third kappa shape index (κ3) is 8.08. The number of nitrogens with one attached hydrogen (secondary N) is 1. The third-order valence-electron chi connectivity index (χ3n) is 6.27. The smallest absolute Gasteiger partial charge is 0.264 e. The van der Waals surface area contributed by atoms with Crippen LogP contribution in [0.1, 0.15) is 22.3 Å². The molecule has 0 saturated carbocycles. The molecule has 0 aromatic heterocycles. The zero-order valence-electron chi connectivity index (χ0n) is 23.5. The van der Waals surface area contributed by atoms with Crippen molar-refractivity contribution in [3.8, 4) is 11.5 Å². The largest absolute Gasteiger partial charge is 0.493 e. The molecular weight excluding hydrogens is 677 g/mol. The van der Waals surface area contributed by atoms with E-state index in [1.54, 1.807) is 55.5 Å². The Morgan fingerprint density at radius 2 is 1.74 bits per heavy atom. The number of amides is 1. The number of methoxy groups -OCH3 is 1. The van der Waals surface area contributed by atoms with Gasteiger partial charge in [0.2, 0.25) is 0 Å². The minimum Gasteiger partial charge on any atom is -0.493 e. The predicted molar refractivity (Wildman–Crippen MR) is 174 cm³/mol. The fourth-order valence-electron chi connectivity index (χ4n) is 4.09. The Hall–Kier alpha value is -3.57. The van der Waals surface area contributed by atoms with Gasteiger partial charge in [-0.1, -0.05) is 59.6 Å². The minimum absolute atomic E-state index is 0.0746. The molecule has 0 aliphatic carbocycles. The summed E-state index contributed by atoms with van der Waals surface area (Å²) in [6.07, 6.45) is 1.42. The lowest BCUT2D eigenvalue weighted by atomic mass is 10.1. The zero-order chi connectivity index (χ0) is 31.1. The molecule has 0 heterocycles. The van der Waals surface area contributed by atoms with Gasteiger partial charge in [-0.2, -0.15) is 5.10 Å². The van der Waals surface area contributed by atoms with Crippen LogP contribution in [0.25, 0.3) is 0 Å². The summed E-state index contributed by atoms with van der Waals surface area (Å²) in [5.41, 5.74) is 5.82. The van der Waals surface area contributed by atoms with Gasteiger partial charge in [0.1, 0.15) is 13.2 Å². The van der Waals surface area contributed by atoms with E-state index >= 15 is 0 Å². The summed E-state index contributed by atoms with van der Waals surface area (Å²) in [5.74, 6) is 0.270. The van der Waals surface area contributed by atoms with Crippen molar-refractivity contribution in [1.29, 1.82) is 0 Å². The van der Waals surface area contributed by atoms with Crippen molar-refractivity contribution in [3.05, 3.63) is 116 Å². The molecule has 0 aliphatic heterocycles. The molecule has 1 amide bonds. The van der Waals surface area contributed by atoms with Gasteiger partial charge in [0.05, 0.1) is 38.4 Å². The SMILES string of the molecule is COc1cc(/C=N\NC(=O)CN(c2cc(C)ccc2C)S(=O)(=O)c2ccccc2)cc(Br)c1OCc1ccc(Cl)c(Cl)c1. The van der Waals surface area contributed by atoms with Crippen LogP contribution < -0.4 is 19.2 Å². The maximum absolute atomic E-state index is 13.6. The van der Waals surface area contributed by atoms with Gasteiger partial charge in [0, 0.05) is 0 Å². The Morgan fingerprint density at radius 1 is 1.00 bits per heavy atom. The van der Waals surface area contributed by atoms with E-state index in [-0.39, 0.29) is 11.5 Å². The lowest BCUT2D eigenvalue weighted by molar-refractivity contribution is -0.119. The molecule has 0 bridgehead atoms. The van der Waals surface area contributed by atoms with Crippen molar-refractivity contribution in [2.45, 2.75) is 25.3 Å². The summed E-state index contributed by atoms with van der Waals surface area (Å²) in [7, 11) is -2.54. The number of hydrogen-bond donors (Lipinski definition) is 1. The summed E-state index contributed by atoms with van der Waals surface area (Å²) in [4.78, 5) is 13.1. The van der Waals surface area contributed by atoms with Crippen LogP contribution in [0.3, 0.4) is 0 Å². The summed E-state index contributed by atoms with van der Waals surface area (Å²) in [5, 5.41) is 4.93. The van der Waals surface area contributed by atoms with Crippen molar-refractivity contribution in [2.24, 2.45) is 5.10 Å². The molecule has 224 valence electrons. The molecule has 4 aromatic rings. The Balaban J connectivity index is 1.50. The number of carbonyl (C=O) groups excluding carboxylic acids is 1. The minimum atomic E-state index is -4.05. The Morgan fingerprint density at radius 3 is 2.44 bits per heavy atom. The predicted octanol–water partition coefficient (Wildman–Crippen LogP) is 7.31. The van der Waals surface area contributed by atoms with Gasteiger partial charge in [-0.25, -0.2) is 13.8 Å². The monoisotopic (exact) mass is 703 g/mol. The molecule has 43 heavy (non-hydrogen) atoms. The maximum atomic E-state index is 13.6. The molecule has 12 heteroatoms. The average molecular weight is 705 g/mol. The fraction of sp³-hybridized carbons (Fsp3) is 0.161. The zero-order valence-corrected chi connectivity index (χ0v) is 27.4. The van der Waals surface area contributed by atoms with E-state index in [9.17, 15) is 13.2 Å². The van der Waals surface area contributed by atoms with Crippen molar-refractivity contribution >= 4 is 67.0 Å². The molecule has 0 fully saturated rings. The highest BCUT2D eigenvalue weighted by Gasteiger charge is 2.28. The highest BCUT2D eigenvalue weighted by atomic mass is 79.9. The van der Waals surface area contributed by atoms with Gasteiger partial charge in [-0.15, -0.1) is 0 Å². The molecule has 0 atom stereocenters. The third-order valence-corrected chi connectivity index (χ3v) is 9.38. The number of hydrogen-bond acceptors (Lipinski definition) is 6. The Bertz CT molecular complexity index is 1770. The number of hydrazone groups is 1. The van der Waals surface area contributed by atoms with Gasteiger partial charge in [0.15, 0.2) is 11.5 Å². The van der Waals surface area contributed by atoms with Gasteiger partial charge >= 0.3 is 0 Å². The molecule has 4 rings (SSSR count). The van der Waals surface area contributed by atoms with E-state index in [1.807, 2.05) is 25.1 Å². The summed E-state index contributed by atoms with van der Waals surface area (Å²) in [6, 6.07) is 22.1. The molecule has 0 saturated heterocycles. The molecule has 0 spiro atoms. The van der Waals surface area contributed by atoms with Crippen LogP contribution in [0.2, 0.25) is 10.0 Å². The standard InChI is InChI=1S/C31H28BrCl2N3O5S/c1-20-9-10-21(2)28(13-20)37(43(39,40)24-7-5-4-6-8-24)18-30(38)36-35-17-23-14-25(32)31(29(16-23)41-3)42-19-22-11-12-26(33)27(34)15-22/h4-17H,18-19H2,1-3H3,(H,36,38)/b35-17-. The topological polar surface area (TPSA) is 97.3 Å². The molecule has 0 unspecified atom stereocenters. The van der Waals surface area contributed by atoms with Gasteiger partial charge in [0.25, 0.3) is 15.9 Å². The number of halogens is 3.